The molecule has 5 nitrogen and oxygen atoms in total. The fraction of sp³-hybridized carbons (Fsp3) is 0.240. The highest BCUT2D eigenvalue weighted by molar-refractivity contribution is 6.11. The summed E-state index contributed by atoms with van der Waals surface area (Å²) in [6, 6.07) is 19.5. The number of furan rings is 1. The Labute approximate surface area is 174 Å². The molecule has 1 atom stereocenters. The van der Waals surface area contributed by atoms with Crippen molar-refractivity contribution in [3.05, 3.63) is 72.0 Å². The lowest BCUT2D eigenvalue weighted by molar-refractivity contribution is 0.0679. The minimum absolute atomic E-state index is 0.149. The smallest absolute Gasteiger partial charge is 0.291 e. The Morgan fingerprint density at radius 1 is 1.10 bits per heavy atom. The third-order valence-electron chi connectivity index (χ3n) is 5.59. The van der Waals surface area contributed by atoms with Gasteiger partial charge in [0.25, 0.3) is 5.91 Å². The van der Waals surface area contributed by atoms with Gasteiger partial charge in [0.05, 0.1) is 6.10 Å². The predicted molar refractivity (Wildman–Crippen MR) is 117 cm³/mol. The lowest BCUT2D eigenvalue weighted by Crippen LogP contribution is -2.16. The molecule has 0 radical (unpaired) electrons. The molecule has 1 aromatic heterocycles. The van der Waals surface area contributed by atoms with Gasteiger partial charge >= 0.3 is 0 Å². The molecular weight excluding hydrogens is 378 g/mol. The summed E-state index contributed by atoms with van der Waals surface area (Å²) in [5, 5.41) is 5.97. The van der Waals surface area contributed by atoms with Crippen molar-refractivity contribution >= 4 is 33.3 Å². The molecule has 2 heterocycles. The Morgan fingerprint density at radius 2 is 2.00 bits per heavy atom. The fourth-order valence-electron chi connectivity index (χ4n) is 3.98. The van der Waals surface area contributed by atoms with Crippen LogP contribution < -0.4 is 10.1 Å². The first-order valence-corrected chi connectivity index (χ1v) is 10.3. The van der Waals surface area contributed by atoms with Crippen LogP contribution in [-0.2, 0) is 4.74 Å². The van der Waals surface area contributed by atoms with Crippen molar-refractivity contribution < 1.29 is 18.7 Å². The SMILES string of the molecule is Cc1c(C(=O)Nc2cccc(OCC3CCCO3)c2)oc2c1ccc1ccccc12. The highest BCUT2D eigenvalue weighted by atomic mass is 16.5. The second kappa shape index (κ2) is 7.84. The maximum absolute atomic E-state index is 13.0. The zero-order valence-corrected chi connectivity index (χ0v) is 16.8. The predicted octanol–water partition coefficient (Wildman–Crippen LogP) is 5.70. The summed E-state index contributed by atoms with van der Waals surface area (Å²) >= 11 is 0. The van der Waals surface area contributed by atoms with Gasteiger partial charge in [0.1, 0.15) is 17.9 Å². The number of rotatable bonds is 5. The quantitative estimate of drug-likeness (QED) is 0.466. The number of nitrogens with one attached hydrogen (secondary N) is 1. The van der Waals surface area contributed by atoms with E-state index in [1.807, 2.05) is 61.5 Å². The van der Waals surface area contributed by atoms with Crippen LogP contribution >= 0.6 is 0 Å². The molecule has 30 heavy (non-hydrogen) atoms. The highest BCUT2D eigenvalue weighted by Crippen LogP contribution is 2.32. The average Bonchev–Trinajstić information content (AvgIpc) is 3.41. The summed E-state index contributed by atoms with van der Waals surface area (Å²) in [4.78, 5) is 13.0. The maximum Gasteiger partial charge on any atom is 0.291 e. The van der Waals surface area contributed by atoms with Crippen LogP contribution in [0.1, 0.15) is 29.0 Å². The van der Waals surface area contributed by atoms with Gasteiger partial charge in [-0.05, 0) is 37.3 Å². The molecule has 1 aliphatic heterocycles. The van der Waals surface area contributed by atoms with E-state index >= 15 is 0 Å². The summed E-state index contributed by atoms with van der Waals surface area (Å²) in [6.45, 7) is 3.24. The molecule has 1 amide bonds. The largest absolute Gasteiger partial charge is 0.491 e. The summed E-state index contributed by atoms with van der Waals surface area (Å²) in [5.41, 5.74) is 2.23. The number of hydrogen-bond acceptors (Lipinski definition) is 4. The van der Waals surface area contributed by atoms with Crippen molar-refractivity contribution in [3.63, 3.8) is 0 Å². The molecule has 0 bridgehead atoms. The monoisotopic (exact) mass is 401 g/mol. The van der Waals surface area contributed by atoms with E-state index in [1.165, 1.54) is 0 Å². The van der Waals surface area contributed by atoms with Gasteiger partial charge in [0, 0.05) is 34.7 Å². The number of benzene rings is 3. The van der Waals surface area contributed by atoms with Crippen molar-refractivity contribution in [2.45, 2.75) is 25.9 Å². The molecule has 152 valence electrons. The number of anilines is 1. The van der Waals surface area contributed by atoms with Crippen LogP contribution in [0.2, 0.25) is 0 Å². The van der Waals surface area contributed by atoms with Gasteiger partial charge in [-0.1, -0.05) is 42.5 Å². The lowest BCUT2D eigenvalue weighted by atomic mass is 10.1. The summed E-state index contributed by atoms with van der Waals surface area (Å²) in [5.74, 6) is 0.756. The Morgan fingerprint density at radius 3 is 2.87 bits per heavy atom. The zero-order valence-electron chi connectivity index (χ0n) is 16.8. The first-order valence-electron chi connectivity index (χ1n) is 10.3. The Balaban J connectivity index is 1.37. The number of amides is 1. The van der Waals surface area contributed by atoms with Crippen LogP contribution in [-0.4, -0.2) is 25.2 Å². The van der Waals surface area contributed by atoms with Crippen LogP contribution in [0.3, 0.4) is 0 Å². The van der Waals surface area contributed by atoms with E-state index in [9.17, 15) is 4.79 Å². The van der Waals surface area contributed by atoms with E-state index in [2.05, 4.69) is 11.4 Å². The molecule has 1 unspecified atom stereocenters. The molecule has 0 aliphatic carbocycles. The van der Waals surface area contributed by atoms with Gasteiger partial charge in [0.2, 0.25) is 0 Å². The molecule has 5 heteroatoms. The molecule has 1 aliphatic rings. The van der Waals surface area contributed by atoms with Crippen molar-refractivity contribution in [1.82, 2.24) is 0 Å². The average molecular weight is 401 g/mol. The van der Waals surface area contributed by atoms with Gasteiger partial charge in [-0.15, -0.1) is 0 Å². The molecule has 1 fully saturated rings. The summed E-state index contributed by atoms with van der Waals surface area (Å²) in [7, 11) is 0. The number of hydrogen-bond donors (Lipinski definition) is 1. The molecule has 1 N–H and O–H groups in total. The van der Waals surface area contributed by atoms with Gasteiger partial charge in [-0.25, -0.2) is 0 Å². The highest BCUT2D eigenvalue weighted by Gasteiger charge is 2.20. The molecule has 1 saturated heterocycles. The second-order valence-corrected chi connectivity index (χ2v) is 7.65. The molecule has 0 spiro atoms. The molecular formula is C25H23NO4. The van der Waals surface area contributed by atoms with Crippen molar-refractivity contribution in [2.75, 3.05) is 18.5 Å². The van der Waals surface area contributed by atoms with Crippen LogP contribution in [0.15, 0.2) is 65.1 Å². The van der Waals surface area contributed by atoms with Gasteiger partial charge < -0.3 is 19.2 Å². The van der Waals surface area contributed by atoms with Gasteiger partial charge in [-0.2, -0.15) is 0 Å². The zero-order chi connectivity index (χ0) is 20.5. The van der Waals surface area contributed by atoms with Crippen LogP contribution in [0.5, 0.6) is 5.75 Å². The molecule has 4 aromatic rings. The van der Waals surface area contributed by atoms with Crippen LogP contribution in [0.4, 0.5) is 5.69 Å². The van der Waals surface area contributed by atoms with Crippen molar-refractivity contribution in [3.8, 4) is 5.75 Å². The topological polar surface area (TPSA) is 60.7 Å². The minimum atomic E-state index is -0.274. The van der Waals surface area contributed by atoms with E-state index in [-0.39, 0.29) is 12.0 Å². The van der Waals surface area contributed by atoms with E-state index in [0.29, 0.717) is 23.8 Å². The van der Waals surface area contributed by atoms with Crippen LogP contribution in [0.25, 0.3) is 21.7 Å². The van der Waals surface area contributed by atoms with E-state index < -0.39 is 0 Å². The van der Waals surface area contributed by atoms with E-state index in [0.717, 1.165) is 46.8 Å². The van der Waals surface area contributed by atoms with Crippen molar-refractivity contribution in [1.29, 1.82) is 0 Å². The number of carbonyl (C=O) groups is 1. The number of fused-ring (bicyclic) bond motifs is 3. The number of ether oxygens (including phenoxy) is 2. The molecule has 3 aromatic carbocycles. The van der Waals surface area contributed by atoms with Crippen LogP contribution in [0, 0.1) is 6.92 Å². The Bertz CT molecular complexity index is 1220. The van der Waals surface area contributed by atoms with Crippen molar-refractivity contribution in [2.24, 2.45) is 0 Å². The maximum atomic E-state index is 13.0. The second-order valence-electron chi connectivity index (χ2n) is 7.65. The first-order chi connectivity index (χ1) is 14.7. The third-order valence-corrected chi connectivity index (χ3v) is 5.59. The first kappa shape index (κ1) is 18.7. The number of aryl methyl sites for hydroxylation is 1. The van der Waals surface area contributed by atoms with E-state index in [4.69, 9.17) is 13.9 Å². The Hall–Kier alpha value is -3.31. The standard InChI is InChI=1S/C25H23NO4/c1-16-21-12-11-17-6-2-3-10-22(17)24(21)30-23(16)25(27)26-18-7-4-8-19(14-18)29-15-20-9-5-13-28-20/h2-4,6-8,10-12,14,20H,5,9,13,15H2,1H3,(H,26,27). The Kier molecular flexibility index (Phi) is 4.89. The normalized spacial score (nSPS) is 16.2. The van der Waals surface area contributed by atoms with Gasteiger partial charge in [0.15, 0.2) is 5.76 Å². The number of carbonyl (C=O) groups excluding carboxylic acids is 1. The fourth-order valence-corrected chi connectivity index (χ4v) is 3.98. The van der Waals surface area contributed by atoms with Gasteiger partial charge in [-0.3, -0.25) is 4.79 Å². The summed E-state index contributed by atoms with van der Waals surface area (Å²) < 4.78 is 17.5. The molecule has 5 rings (SSSR count). The van der Waals surface area contributed by atoms with E-state index in [1.54, 1.807) is 0 Å². The minimum Gasteiger partial charge on any atom is -0.491 e. The third kappa shape index (κ3) is 3.53. The lowest BCUT2D eigenvalue weighted by Gasteiger charge is -2.12. The summed E-state index contributed by atoms with van der Waals surface area (Å²) in [6.07, 6.45) is 2.25. The molecule has 0 saturated carbocycles.